The van der Waals surface area contributed by atoms with E-state index in [-0.39, 0.29) is 54.2 Å². The maximum absolute atomic E-state index is 14.2. The molecule has 0 saturated carbocycles. The number of carbonyl (C=O) groups excluding carboxylic acids is 3. The van der Waals surface area contributed by atoms with Crippen molar-refractivity contribution in [2.75, 3.05) is 67.6 Å². The van der Waals surface area contributed by atoms with Crippen LogP contribution in [0.3, 0.4) is 0 Å². The summed E-state index contributed by atoms with van der Waals surface area (Å²) < 4.78 is 32.1. The van der Waals surface area contributed by atoms with Crippen molar-refractivity contribution in [1.29, 1.82) is 0 Å². The molecule has 5 aliphatic rings. The number of cyclic esters (lactones) is 1. The number of Topliss-reactive ketones (excluding diaryl/α,β-unsaturated/α-hetero) is 1. The van der Waals surface area contributed by atoms with Gasteiger partial charge in [-0.05, 0) is 67.2 Å². The largest absolute Gasteiger partial charge is 0.463 e. The molecule has 12 nitrogen and oxygen atoms in total. The lowest BCUT2D eigenvalue weighted by Gasteiger charge is -2.55. The van der Waals surface area contributed by atoms with E-state index in [2.05, 4.69) is 22.0 Å². The van der Waals surface area contributed by atoms with E-state index in [4.69, 9.17) is 23.7 Å². The molecule has 5 saturated heterocycles. The van der Waals surface area contributed by atoms with E-state index in [1.807, 2.05) is 33.0 Å². The number of amides is 1. The topological polar surface area (TPSA) is 119 Å². The van der Waals surface area contributed by atoms with Gasteiger partial charge >= 0.3 is 5.97 Å². The Morgan fingerprint density at radius 1 is 1.09 bits per heavy atom. The molecule has 0 bridgehead atoms. The van der Waals surface area contributed by atoms with Crippen molar-refractivity contribution in [3.05, 3.63) is 0 Å². The average Bonchev–Trinajstić information content (AvgIpc) is 3.51. The number of esters is 1. The number of carbonyl (C=O) groups is 3. The molecule has 10 atom stereocenters. The smallest absolute Gasteiger partial charge is 0.319 e. The molecule has 5 aliphatic heterocycles. The molecule has 12 heteroatoms. The molecule has 0 aromatic rings. The predicted molar refractivity (Wildman–Crippen MR) is 166 cm³/mol. The van der Waals surface area contributed by atoms with Crippen LogP contribution in [0.25, 0.3) is 0 Å². The van der Waals surface area contributed by atoms with Crippen LogP contribution < -0.4 is 5.32 Å². The molecule has 1 N–H and O–H groups in total. The summed E-state index contributed by atoms with van der Waals surface area (Å²) in [5.41, 5.74) is -1.42. The van der Waals surface area contributed by atoms with Gasteiger partial charge in [0.2, 0.25) is 5.91 Å². The van der Waals surface area contributed by atoms with Gasteiger partial charge in [0.1, 0.15) is 24.2 Å². The second-order valence-electron chi connectivity index (χ2n) is 15.1. The van der Waals surface area contributed by atoms with Crippen LogP contribution in [0.4, 0.5) is 0 Å². The van der Waals surface area contributed by atoms with Gasteiger partial charge in [-0.1, -0.05) is 13.8 Å². The molecule has 0 aromatic carbocycles. The van der Waals surface area contributed by atoms with Gasteiger partial charge in [-0.15, -0.1) is 0 Å². The van der Waals surface area contributed by atoms with E-state index in [0.29, 0.717) is 26.1 Å². The van der Waals surface area contributed by atoms with Gasteiger partial charge in [-0.25, -0.2) is 0 Å². The summed E-state index contributed by atoms with van der Waals surface area (Å²) in [5, 5.41) is 3.28. The lowest BCUT2D eigenvalue weighted by Crippen LogP contribution is -2.69. The lowest BCUT2D eigenvalue weighted by atomic mass is 9.76. The summed E-state index contributed by atoms with van der Waals surface area (Å²) in [7, 11) is 7.71. The van der Waals surface area contributed by atoms with Crippen molar-refractivity contribution in [3.63, 3.8) is 0 Å². The molecule has 1 amide bonds. The average molecular weight is 637 g/mol. The van der Waals surface area contributed by atoms with Crippen LogP contribution in [0, 0.1) is 29.1 Å². The number of likely N-dealkylation sites (N-methyl/N-ethyl adjacent to an activating group) is 2. The van der Waals surface area contributed by atoms with Crippen molar-refractivity contribution < 1.29 is 38.1 Å². The third-order valence-electron chi connectivity index (χ3n) is 11.0. The first kappa shape index (κ1) is 34.7. The summed E-state index contributed by atoms with van der Waals surface area (Å²) in [6, 6.07) is -0.0832. The monoisotopic (exact) mass is 636 g/mol. The zero-order valence-corrected chi connectivity index (χ0v) is 28.7. The molecule has 5 fully saturated rings. The van der Waals surface area contributed by atoms with Gasteiger partial charge in [0.05, 0.1) is 12.0 Å². The molecule has 1 unspecified atom stereocenters. The standard InChI is InChI=1S/C33H56N4O8/c1-19-13-33(41-9)28(44-30-26(45-33)24(35(6)7)12-20(2)43-30)21(3)27(38)32(4,5)31(40)42-18-25(36(8)15-19)23-16-37(17-23)29(39)22-10-11-34-14-22/h19-26,28,30,34H,10-18H2,1-9H3/t19-,20-,21+,22-,24+,25?,26-,28-,30+,33+/m1/s1. The van der Waals surface area contributed by atoms with E-state index in [9.17, 15) is 14.4 Å². The Balaban J connectivity index is 1.42. The zero-order valence-electron chi connectivity index (χ0n) is 28.7. The number of hydrogen-bond acceptors (Lipinski definition) is 11. The number of nitrogens with one attached hydrogen (secondary N) is 1. The first-order chi connectivity index (χ1) is 21.2. The molecule has 5 rings (SSSR count). The van der Waals surface area contributed by atoms with Crippen molar-refractivity contribution in [2.24, 2.45) is 29.1 Å². The molecule has 5 heterocycles. The van der Waals surface area contributed by atoms with Gasteiger partial charge in [0.15, 0.2) is 17.9 Å². The number of hydrogen-bond donors (Lipinski definition) is 1. The normalized spacial score (nSPS) is 42.1. The van der Waals surface area contributed by atoms with Gasteiger partial charge in [-0.2, -0.15) is 0 Å². The predicted octanol–water partition coefficient (Wildman–Crippen LogP) is 1.36. The summed E-state index contributed by atoms with van der Waals surface area (Å²) in [5.74, 6) is -2.40. The first-order valence-corrected chi connectivity index (χ1v) is 16.8. The fourth-order valence-electron chi connectivity index (χ4n) is 8.23. The van der Waals surface area contributed by atoms with Crippen LogP contribution in [0.2, 0.25) is 0 Å². The summed E-state index contributed by atoms with van der Waals surface area (Å²) in [6.45, 7) is 12.9. The first-order valence-electron chi connectivity index (χ1n) is 16.8. The SMILES string of the molecule is CO[C@]12C[C@@H](C)CN(C)C(C3CN(C(=O)[C@@H]4CCNC4)C3)COC(=O)C(C)(C)C(=O)[C@H](C)[C@H]1O[C@@H]1O[C@H](C)C[C@H](N(C)C)[C@H]1O2. The van der Waals surface area contributed by atoms with Crippen LogP contribution in [-0.4, -0.2) is 142 Å². The summed E-state index contributed by atoms with van der Waals surface area (Å²) in [6.07, 6.45) is 0.153. The highest BCUT2D eigenvalue weighted by molar-refractivity contribution is 6.04. The third-order valence-corrected chi connectivity index (χ3v) is 11.0. The number of ketones is 1. The van der Waals surface area contributed by atoms with Crippen molar-refractivity contribution in [2.45, 2.75) is 96.4 Å². The maximum atomic E-state index is 14.2. The molecule has 45 heavy (non-hydrogen) atoms. The Bertz CT molecular complexity index is 1090. The Kier molecular flexibility index (Phi) is 10.4. The second-order valence-corrected chi connectivity index (χ2v) is 15.1. The number of methoxy groups -OCH3 is 1. The summed E-state index contributed by atoms with van der Waals surface area (Å²) >= 11 is 0. The highest BCUT2D eigenvalue weighted by Crippen LogP contribution is 2.45. The molecular weight excluding hydrogens is 580 g/mol. The van der Waals surface area contributed by atoms with Crippen LogP contribution in [-0.2, 0) is 38.1 Å². The van der Waals surface area contributed by atoms with Gasteiger partial charge in [-0.3, -0.25) is 19.3 Å². The number of nitrogens with zero attached hydrogens (tertiary/aromatic N) is 3. The van der Waals surface area contributed by atoms with E-state index in [1.165, 1.54) is 0 Å². The highest BCUT2D eigenvalue weighted by atomic mass is 16.8. The van der Waals surface area contributed by atoms with Crippen LogP contribution in [0.5, 0.6) is 0 Å². The van der Waals surface area contributed by atoms with Crippen molar-refractivity contribution in [3.8, 4) is 0 Å². The minimum absolute atomic E-state index is 0.0281. The molecule has 0 spiro atoms. The molecule has 256 valence electrons. The minimum atomic E-state index is -1.42. The van der Waals surface area contributed by atoms with Gasteiger partial charge in [0.25, 0.3) is 0 Å². The van der Waals surface area contributed by atoms with Crippen LogP contribution >= 0.6 is 0 Å². The Morgan fingerprint density at radius 2 is 1.80 bits per heavy atom. The highest BCUT2D eigenvalue weighted by Gasteiger charge is 2.59. The van der Waals surface area contributed by atoms with Gasteiger partial charge in [0, 0.05) is 63.6 Å². The molecule has 0 aromatic heterocycles. The molecular formula is C33H56N4O8. The van der Waals surface area contributed by atoms with E-state index >= 15 is 0 Å². The number of likely N-dealkylation sites (tertiary alicyclic amines) is 1. The minimum Gasteiger partial charge on any atom is -0.463 e. The van der Waals surface area contributed by atoms with E-state index in [1.54, 1.807) is 27.9 Å². The quantitative estimate of drug-likeness (QED) is 0.356. The third kappa shape index (κ3) is 6.71. The van der Waals surface area contributed by atoms with Crippen molar-refractivity contribution >= 4 is 17.7 Å². The lowest BCUT2D eigenvalue weighted by molar-refractivity contribution is -0.424. The molecule has 0 aliphatic carbocycles. The van der Waals surface area contributed by atoms with E-state index in [0.717, 1.165) is 25.9 Å². The Hall–Kier alpha value is -1.67. The van der Waals surface area contributed by atoms with E-state index < -0.39 is 41.6 Å². The number of fused-ring (bicyclic) bond motifs is 2. The Labute approximate surface area is 268 Å². The Morgan fingerprint density at radius 3 is 2.42 bits per heavy atom. The molecule has 0 radical (unpaired) electrons. The summed E-state index contributed by atoms with van der Waals surface area (Å²) in [4.78, 5) is 47.1. The fraction of sp³-hybridized carbons (Fsp3) is 0.909. The fourth-order valence-corrected chi connectivity index (χ4v) is 8.23. The van der Waals surface area contributed by atoms with Crippen LogP contribution in [0.1, 0.15) is 53.9 Å². The maximum Gasteiger partial charge on any atom is 0.319 e. The van der Waals surface area contributed by atoms with Gasteiger partial charge < -0.3 is 38.8 Å². The zero-order chi connectivity index (χ0) is 32.8. The van der Waals surface area contributed by atoms with Crippen molar-refractivity contribution in [1.82, 2.24) is 20.0 Å². The number of ether oxygens (including phenoxy) is 5. The number of rotatable bonds is 4. The second kappa shape index (κ2) is 13.4. The van der Waals surface area contributed by atoms with Crippen LogP contribution in [0.15, 0.2) is 0 Å².